The molecule has 16 heavy (non-hydrogen) atoms. The summed E-state index contributed by atoms with van der Waals surface area (Å²) in [6.07, 6.45) is 3.43. The van der Waals surface area contributed by atoms with Crippen molar-refractivity contribution >= 4 is 28.8 Å². The van der Waals surface area contributed by atoms with Crippen molar-refractivity contribution in [2.45, 2.75) is 19.3 Å². The molecule has 3 heteroatoms. The Morgan fingerprint density at radius 3 is 2.94 bits per heavy atom. The highest BCUT2D eigenvalue weighted by atomic mass is 35.5. The maximum absolute atomic E-state index is 10.5. The summed E-state index contributed by atoms with van der Waals surface area (Å²) < 4.78 is 2.01. The fourth-order valence-corrected chi connectivity index (χ4v) is 2.24. The molecule has 0 bridgehead atoms. The number of rotatable bonds is 3. The van der Waals surface area contributed by atoms with Crippen molar-refractivity contribution in [3.8, 4) is 0 Å². The Morgan fingerprint density at radius 1 is 1.50 bits per heavy atom. The first-order chi connectivity index (χ1) is 7.63. The van der Waals surface area contributed by atoms with E-state index in [0.29, 0.717) is 6.42 Å². The van der Waals surface area contributed by atoms with E-state index in [1.54, 1.807) is 0 Å². The molecule has 0 fully saturated rings. The van der Waals surface area contributed by atoms with Crippen LogP contribution in [-0.4, -0.2) is 10.9 Å². The first-order valence-corrected chi connectivity index (χ1v) is 5.69. The number of carbonyl (C=O) groups is 1. The lowest BCUT2D eigenvalue weighted by molar-refractivity contribution is -0.108. The van der Waals surface area contributed by atoms with Crippen LogP contribution in [0.25, 0.3) is 10.9 Å². The first-order valence-electron chi connectivity index (χ1n) is 5.31. The van der Waals surface area contributed by atoms with Crippen molar-refractivity contribution in [3.63, 3.8) is 0 Å². The van der Waals surface area contributed by atoms with Gasteiger partial charge in [-0.15, -0.1) is 0 Å². The summed E-state index contributed by atoms with van der Waals surface area (Å²) in [6, 6.07) is 6.17. The third kappa shape index (κ3) is 1.85. The Labute approximate surface area is 99.8 Å². The van der Waals surface area contributed by atoms with Crippen LogP contribution in [0.4, 0.5) is 0 Å². The molecule has 0 amide bonds. The van der Waals surface area contributed by atoms with Crippen molar-refractivity contribution in [2.75, 3.05) is 0 Å². The lowest BCUT2D eigenvalue weighted by Gasteiger charge is -2.08. The number of halogens is 1. The number of aromatic nitrogens is 1. The zero-order chi connectivity index (χ0) is 11.7. The molecule has 2 rings (SSSR count). The molecule has 2 nitrogen and oxygen atoms in total. The van der Waals surface area contributed by atoms with E-state index >= 15 is 0 Å². The monoisotopic (exact) mass is 235 g/mol. The molecule has 0 saturated carbocycles. The summed E-state index contributed by atoms with van der Waals surface area (Å²) in [6.45, 7) is 2.06. The van der Waals surface area contributed by atoms with Crippen LogP contribution in [0, 0.1) is 0 Å². The summed E-state index contributed by atoms with van der Waals surface area (Å²) in [5.41, 5.74) is 2.29. The number of aryl methyl sites for hydroxylation is 1. The second-order valence-electron chi connectivity index (χ2n) is 4.17. The van der Waals surface area contributed by atoms with Crippen LogP contribution in [0.1, 0.15) is 24.8 Å². The van der Waals surface area contributed by atoms with E-state index in [2.05, 4.69) is 13.0 Å². The third-order valence-electron chi connectivity index (χ3n) is 2.98. The molecule has 84 valence electrons. The predicted molar refractivity (Wildman–Crippen MR) is 67.0 cm³/mol. The third-order valence-corrected chi connectivity index (χ3v) is 3.29. The standard InChI is InChI=1S/C13H14ClNO/c1-9(5-6-16)10-3-4-11-12(14)8-15(2)13(11)7-10/h3-4,6-9H,5H2,1-2H3. The van der Waals surface area contributed by atoms with E-state index in [1.807, 2.05) is 29.9 Å². The molecule has 2 aromatic rings. The Morgan fingerprint density at radius 2 is 2.25 bits per heavy atom. The summed E-state index contributed by atoms with van der Waals surface area (Å²) in [4.78, 5) is 10.5. The van der Waals surface area contributed by atoms with Crippen LogP contribution in [0.2, 0.25) is 5.02 Å². The predicted octanol–water partition coefficient (Wildman–Crippen LogP) is 3.52. The second kappa shape index (κ2) is 4.30. The van der Waals surface area contributed by atoms with Gasteiger partial charge in [-0.3, -0.25) is 0 Å². The van der Waals surface area contributed by atoms with Crippen molar-refractivity contribution in [2.24, 2.45) is 7.05 Å². The number of carbonyl (C=O) groups excluding carboxylic acids is 1. The van der Waals surface area contributed by atoms with Gasteiger partial charge in [0.2, 0.25) is 0 Å². The van der Waals surface area contributed by atoms with Gasteiger partial charge in [-0.05, 0) is 17.5 Å². The highest BCUT2D eigenvalue weighted by Gasteiger charge is 2.09. The lowest BCUT2D eigenvalue weighted by atomic mass is 9.97. The van der Waals surface area contributed by atoms with Crippen molar-refractivity contribution in [3.05, 3.63) is 35.0 Å². The Balaban J connectivity index is 2.51. The number of benzene rings is 1. The van der Waals surface area contributed by atoms with Crippen molar-refractivity contribution < 1.29 is 4.79 Å². The molecule has 0 radical (unpaired) electrons. The minimum atomic E-state index is 0.260. The molecule has 1 aromatic carbocycles. The summed E-state index contributed by atoms with van der Waals surface area (Å²) in [5, 5.41) is 1.83. The molecular formula is C13H14ClNO. The fourth-order valence-electron chi connectivity index (χ4n) is 1.94. The fraction of sp³-hybridized carbons (Fsp3) is 0.308. The average Bonchev–Trinajstić information content (AvgIpc) is 2.55. The molecule has 1 atom stereocenters. The van der Waals surface area contributed by atoms with Gasteiger partial charge in [0, 0.05) is 30.6 Å². The normalized spacial score (nSPS) is 12.9. The number of hydrogen-bond acceptors (Lipinski definition) is 1. The van der Waals surface area contributed by atoms with Gasteiger partial charge in [0.15, 0.2) is 0 Å². The SMILES string of the molecule is CC(CC=O)c1ccc2c(Cl)cn(C)c2c1. The molecule has 0 N–H and O–H groups in total. The Bertz CT molecular complexity index is 530. The Hall–Kier alpha value is -1.28. The van der Waals surface area contributed by atoms with Gasteiger partial charge in [-0.1, -0.05) is 30.7 Å². The highest BCUT2D eigenvalue weighted by Crippen LogP contribution is 2.28. The van der Waals surface area contributed by atoms with Crippen LogP contribution < -0.4 is 0 Å². The van der Waals surface area contributed by atoms with E-state index in [1.165, 1.54) is 5.56 Å². The number of nitrogens with zero attached hydrogens (tertiary/aromatic N) is 1. The van der Waals surface area contributed by atoms with Crippen LogP contribution >= 0.6 is 11.6 Å². The van der Waals surface area contributed by atoms with E-state index in [4.69, 9.17) is 11.6 Å². The number of hydrogen-bond donors (Lipinski definition) is 0. The topological polar surface area (TPSA) is 22.0 Å². The zero-order valence-electron chi connectivity index (χ0n) is 9.40. The van der Waals surface area contributed by atoms with E-state index in [-0.39, 0.29) is 5.92 Å². The van der Waals surface area contributed by atoms with Gasteiger partial charge in [0.1, 0.15) is 6.29 Å². The van der Waals surface area contributed by atoms with Crippen molar-refractivity contribution in [1.82, 2.24) is 4.57 Å². The van der Waals surface area contributed by atoms with Gasteiger partial charge in [0.05, 0.1) is 5.02 Å². The Kier molecular flexibility index (Phi) is 3.01. The minimum Gasteiger partial charge on any atom is -0.349 e. The average molecular weight is 236 g/mol. The van der Waals surface area contributed by atoms with Gasteiger partial charge in [-0.25, -0.2) is 0 Å². The van der Waals surface area contributed by atoms with Crippen LogP contribution in [0.5, 0.6) is 0 Å². The molecule has 0 aliphatic carbocycles. The van der Waals surface area contributed by atoms with Crippen LogP contribution in [0.3, 0.4) is 0 Å². The van der Waals surface area contributed by atoms with E-state index in [9.17, 15) is 4.79 Å². The lowest BCUT2D eigenvalue weighted by Crippen LogP contribution is -1.95. The number of fused-ring (bicyclic) bond motifs is 1. The molecular weight excluding hydrogens is 222 g/mol. The number of aldehydes is 1. The summed E-state index contributed by atoms with van der Waals surface area (Å²) >= 11 is 6.09. The van der Waals surface area contributed by atoms with Gasteiger partial charge < -0.3 is 9.36 Å². The summed E-state index contributed by atoms with van der Waals surface area (Å²) in [5.74, 6) is 0.260. The molecule has 1 unspecified atom stereocenters. The van der Waals surface area contributed by atoms with Gasteiger partial charge in [0.25, 0.3) is 0 Å². The van der Waals surface area contributed by atoms with Gasteiger partial charge in [-0.2, -0.15) is 0 Å². The highest BCUT2D eigenvalue weighted by molar-refractivity contribution is 6.35. The van der Waals surface area contributed by atoms with Crippen molar-refractivity contribution in [1.29, 1.82) is 0 Å². The molecule has 1 aromatic heterocycles. The molecule has 0 spiro atoms. The summed E-state index contributed by atoms with van der Waals surface area (Å²) in [7, 11) is 1.97. The van der Waals surface area contributed by atoms with Crippen LogP contribution in [-0.2, 0) is 11.8 Å². The largest absolute Gasteiger partial charge is 0.349 e. The molecule has 0 aliphatic heterocycles. The second-order valence-corrected chi connectivity index (χ2v) is 4.58. The van der Waals surface area contributed by atoms with Crippen LogP contribution in [0.15, 0.2) is 24.4 Å². The smallest absolute Gasteiger partial charge is 0.120 e. The molecule has 0 aliphatic rings. The van der Waals surface area contributed by atoms with E-state index in [0.717, 1.165) is 22.2 Å². The molecule has 1 heterocycles. The first kappa shape index (κ1) is 11.2. The van der Waals surface area contributed by atoms with E-state index < -0.39 is 0 Å². The maximum Gasteiger partial charge on any atom is 0.120 e. The maximum atomic E-state index is 10.5. The minimum absolute atomic E-state index is 0.260. The molecule has 0 saturated heterocycles. The van der Waals surface area contributed by atoms with Gasteiger partial charge >= 0.3 is 0 Å². The quantitative estimate of drug-likeness (QED) is 0.746. The zero-order valence-corrected chi connectivity index (χ0v) is 10.2.